The number of fused-ring (bicyclic) bond motifs is 1. The van der Waals surface area contributed by atoms with E-state index in [9.17, 15) is 13.4 Å². The number of anilines is 1. The molecular formula is C21H24F2N6O3S. The molecule has 4 rings (SSSR count). The number of rotatable bonds is 5. The molecule has 0 radical (unpaired) electrons. The first kappa shape index (κ1) is 23.0. The van der Waals surface area contributed by atoms with E-state index in [0.717, 1.165) is 6.07 Å². The number of nitrogens with one attached hydrogen (secondary N) is 1. The minimum absolute atomic E-state index is 0.0272. The average molecular weight is 479 g/mol. The highest BCUT2D eigenvalue weighted by Crippen LogP contribution is 2.47. The summed E-state index contributed by atoms with van der Waals surface area (Å²) in [7, 11) is -2.86. The second-order valence-electron chi connectivity index (χ2n) is 8.47. The quantitative estimate of drug-likeness (QED) is 0.679. The zero-order valence-electron chi connectivity index (χ0n) is 18.3. The number of ether oxygens (including phenoxy) is 1. The molecule has 3 N–H and O–H groups in total. The summed E-state index contributed by atoms with van der Waals surface area (Å²) >= 11 is 0. The van der Waals surface area contributed by atoms with Crippen molar-refractivity contribution in [2.24, 2.45) is 15.1 Å². The largest absolute Gasteiger partial charge is 0.461 e. The van der Waals surface area contributed by atoms with Gasteiger partial charge in [0.1, 0.15) is 44.9 Å². The molecule has 9 nitrogen and oxygen atoms in total. The lowest BCUT2D eigenvalue weighted by atomic mass is 9.89. The third-order valence-electron chi connectivity index (χ3n) is 6.14. The summed E-state index contributed by atoms with van der Waals surface area (Å²) in [5.41, 5.74) is 4.82. The minimum Gasteiger partial charge on any atom is -0.461 e. The van der Waals surface area contributed by atoms with Crippen LogP contribution in [0.3, 0.4) is 0 Å². The molecule has 0 aliphatic carbocycles. The van der Waals surface area contributed by atoms with Crippen LogP contribution in [0.25, 0.3) is 0 Å². The van der Waals surface area contributed by atoms with E-state index in [2.05, 4.69) is 29.4 Å². The van der Waals surface area contributed by atoms with Gasteiger partial charge in [-0.25, -0.2) is 27.3 Å². The first-order valence-electron chi connectivity index (χ1n) is 10.2. The van der Waals surface area contributed by atoms with Gasteiger partial charge in [-0.05, 0) is 51.5 Å². The number of nitrogens with zero attached hydrogens (tertiary/aromatic N) is 4. The highest BCUT2D eigenvalue weighted by Gasteiger charge is 2.57. The van der Waals surface area contributed by atoms with Crippen molar-refractivity contribution in [2.45, 2.75) is 42.7 Å². The van der Waals surface area contributed by atoms with Crippen LogP contribution in [0.15, 0.2) is 39.8 Å². The molecule has 1 amide bonds. The summed E-state index contributed by atoms with van der Waals surface area (Å²) in [6.45, 7) is 4.44. The molecule has 2 aliphatic rings. The van der Waals surface area contributed by atoms with E-state index in [1.54, 1.807) is 20.8 Å². The summed E-state index contributed by atoms with van der Waals surface area (Å²) < 4.78 is 49.2. The van der Waals surface area contributed by atoms with Gasteiger partial charge >= 0.3 is 0 Å². The summed E-state index contributed by atoms with van der Waals surface area (Å²) in [6.07, 6.45) is 1.66. The topological polar surface area (TPSA) is 132 Å². The van der Waals surface area contributed by atoms with Crippen LogP contribution < -0.4 is 15.8 Å². The maximum atomic E-state index is 15.0. The Morgan fingerprint density at radius 1 is 1.30 bits per heavy atom. The lowest BCUT2D eigenvalue weighted by molar-refractivity contribution is 0.102. The molecular weight excluding hydrogens is 454 g/mol. The van der Waals surface area contributed by atoms with Gasteiger partial charge in [-0.1, -0.05) is 0 Å². The van der Waals surface area contributed by atoms with Crippen LogP contribution in [-0.4, -0.2) is 49.3 Å². The zero-order chi connectivity index (χ0) is 24.0. The second kappa shape index (κ2) is 8.01. The van der Waals surface area contributed by atoms with Gasteiger partial charge in [-0.2, -0.15) is 0 Å². The van der Waals surface area contributed by atoms with Gasteiger partial charge in [0.15, 0.2) is 0 Å². The lowest BCUT2D eigenvalue weighted by Crippen LogP contribution is -2.58. The molecule has 0 aromatic carbocycles. The maximum Gasteiger partial charge on any atom is 0.275 e. The van der Waals surface area contributed by atoms with Crippen molar-refractivity contribution < 1.29 is 22.5 Å². The van der Waals surface area contributed by atoms with Crippen molar-refractivity contribution in [3.8, 4) is 5.75 Å². The van der Waals surface area contributed by atoms with E-state index in [-0.39, 0.29) is 28.8 Å². The highest BCUT2D eigenvalue weighted by molar-refractivity contribution is 7.96. The number of amides is 1. The first-order chi connectivity index (χ1) is 15.5. The molecule has 33 heavy (non-hydrogen) atoms. The minimum atomic E-state index is -2.86. The van der Waals surface area contributed by atoms with Gasteiger partial charge in [-0.3, -0.25) is 9.79 Å². The number of hydrogen-bond acceptors (Lipinski definition) is 8. The van der Waals surface area contributed by atoms with Crippen molar-refractivity contribution >= 4 is 27.3 Å². The standard InChI is InChI=1S/C21H24F2N6O3S/c1-20(2)19(24)29-21(3,15-8-9-26-33(15,20)31)17-13(23)5-7-16(27-17)28-18(30)14-6-4-12(10-25-14)32-11-22/h4-7,10,15H,8-9,11H2,1-3H3,(H2,24,29)(H,27,28,30)/t15-,21+,33+/m1/s1. The molecule has 0 unspecified atom stereocenters. The Kier molecular flexibility index (Phi) is 5.59. The van der Waals surface area contributed by atoms with E-state index in [1.165, 1.54) is 24.4 Å². The number of aromatic nitrogens is 2. The van der Waals surface area contributed by atoms with Crippen molar-refractivity contribution in [1.82, 2.24) is 9.97 Å². The van der Waals surface area contributed by atoms with Crippen molar-refractivity contribution in [2.75, 3.05) is 18.7 Å². The monoisotopic (exact) mass is 478 g/mol. The predicted molar refractivity (Wildman–Crippen MR) is 120 cm³/mol. The Hall–Kier alpha value is -3.15. The Morgan fingerprint density at radius 2 is 2.06 bits per heavy atom. The zero-order valence-corrected chi connectivity index (χ0v) is 19.2. The van der Waals surface area contributed by atoms with Crippen molar-refractivity contribution in [3.05, 3.63) is 47.7 Å². The second-order valence-corrected chi connectivity index (χ2v) is 11.5. The van der Waals surface area contributed by atoms with Gasteiger partial charge in [0.05, 0.1) is 21.2 Å². The number of alkyl halides is 1. The highest BCUT2D eigenvalue weighted by atomic mass is 32.2. The van der Waals surface area contributed by atoms with Gasteiger partial charge in [0.2, 0.25) is 6.86 Å². The van der Waals surface area contributed by atoms with Gasteiger partial charge in [0, 0.05) is 6.54 Å². The van der Waals surface area contributed by atoms with Gasteiger partial charge < -0.3 is 15.8 Å². The number of amidine groups is 1. The normalized spacial score (nSPS) is 27.8. The van der Waals surface area contributed by atoms with E-state index < -0.39 is 43.8 Å². The maximum absolute atomic E-state index is 15.0. The Labute approximate surface area is 190 Å². The van der Waals surface area contributed by atoms with Gasteiger partial charge in [0.25, 0.3) is 5.91 Å². The predicted octanol–water partition coefficient (Wildman–Crippen LogP) is 2.78. The summed E-state index contributed by atoms with van der Waals surface area (Å²) in [4.78, 5) is 25.4. The SMILES string of the molecule is CC1(C)C(N)=N[C@](C)(c2nc(NC(=O)c3ccc(OCF)cn3)ccc2F)[C@H]2CCN=[S@]21=O. The number of carbonyl (C=O) groups excluding carboxylic acids is 1. The molecule has 0 saturated carbocycles. The Balaban J connectivity index is 1.69. The number of halogens is 2. The Bertz CT molecular complexity index is 1260. The molecule has 0 saturated heterocycles. The fourth-order valence-electron chi connectivity index (χ4n) is 4.19. The van der Waals surface area contributed by atoms with Crippen LogP contribution in [0.1, 0.15) is 43.4 Å². The first-order valence-corrected chi connectivity index (χ1v) is 11.8. The van der Waals surface area contributed by atoms with Crippen molar-refractivity contribution in [3.63, 3.8) is 0 Å². The average Bonchev–Trinajstić information content (AvgIpc) is 3.19. The van der Waals surface area contributed by atoms with Crippen LogP contribution in [0.2, 0.25) is 0 Å². The molecule has 0 spiro atoms. The number of hydrogen-bond donors (Lipinski definition) is 2. The molecule has 3 atom stereocenters. The van der Waals surface area contributed by atoms with Crippen LogP contribution in [0.5, 0.6) is 5.75 Å². The summed E-state index contributed by atoms with van der Waals surface area (Å²) in [5, 5.41) is 1.97. The smallest absolute Gasteiger partial charge is 0.275 e. The fourth-order valence-corrected chi connectivity index (χ4v) is 7.33. The summed E-state index contributed by atoms with van der Waals surface area (Å²) in [6, 6.07) is 5.22. The van der Waals surface area contributed by atoms with E-state index in [0.29, 0.717) is 13.0 Å². The number of carbonyl (C=O) groups is 1. The third-order valence-corrected chi connectivity index (χ3v) is 9.85. The van der Waals surface area contributed by atoms with E-state index in [1.807, 2.05) is 0 Å². The van der Waals surface area contributed by atoms with E-state index in [4.69, 9.17) is 5.73 Å². The molecule has 4 heterocycles. The number of aliphatic imine (C=N–C) groups is 1. The third kappa shape index (κ3) is 3.62. The fraction of sp³-hybridized carbons (Fsp3) is 0.429. The molecule has 2 aromatic rings. The van der Waals surface area contributed by atoms with Crippen LogP contribution in [0, 0.1) is 5.82 Å². The summed E-state index contributed by atoms with van der Waals surface area (Å²) in [5.74, 6) is -0.919. The van der Waals surface area contributed by atoms with Gasteiger partial charge in [-0.15, -0.1) is 0 Å². The molecule has 0 bridgehead atoms. The molecule has 12 heteroatoms. The molecule has 2 aromatic heterocycles. The Morgan fingerprint density at radius 3 is 2.73 bits per heavy atom. The van der Waals surface area contributed by atoms with Crippen LogP contribution >= 0.6 is 0 Å². The lowest BCUT2D eigenvalue weighted by Gasteiger charge is -2.44. The number of pyridine rings is 2. The molecule has 176 valence electrons. The van der Waals surface area contributed by atoms with E-state index >= 15 is 4.39 Å². The van der Waals surface area contributed by atoms with Crippen LogP contribution in [-0.2, 0) is 15.3 Å². The van der Waals surface area contributed by atoms with Crippen LogP contribution in [0.4, 0.5) is 14.6 Å². The molecule has 0 fully saturated rings. The van der Waals surface area contributed by atoms with Crippen molar-refractivity contribution in [1.29, 1.82) is 0 Å². The number of nitrogens with two attached hydrogens (primary N) is 1. The molecule has 2 aliphatic heterocycles.